The molecular weight excluding hydrogens is 476 g/mol. The first kappa shape index (κ1) is 22.6. The van der Waals surface area contributed by atoms with Gasteiger partial charge in [-0.15, -0.1) is 11.3 Å². The highest BCUT2D eigenvalue weighted by molar-refractivity contribution is 7.99. The molecule has 1 aliphatic rings. The number of hydrogen-bond donors (Lipinski definition) is 2. The number of benzene rings is 3. The van der Waals surface area contributed by atoms with Crippen LogP contribution in [0.5, 0.6) is 0 Å². The molecule has 0 unspecified atom stereocenters. The van der Waals surface area contributed by atoms with Crippen LogP contribution in [0.3, 0.4) is 0 Å². The van der Waals surface area contributed by atoms with E-state index in [0.29, 0.717) is 22.5 Å². The summed E-state index contributed by atoms with van der Waals surface area (Å²) in [5.74, 6) is -0.352. The van der Waals surface area contributed by atoms with Gasteiger partial charge in [0.05, 0.1) is 34.6 Å². The molecule has 8 heteroatoms. The van der Waals surface area contributed by atoms with Crippen LogP contribution in [-0.4, -0.2) is 17.5 Å². The van der Waals surface area contributed by atoms with E-state index in [-0.39, 0.29) is 18.2 Å². The minimum absolute atomic E-state index is 0.106. The number of amides is 2. The molecule has 2 heterocycles. The summed E-state index contributed by atoms with van der Waals surface area (Å²) in [6.07, 6.45) is 0.180. The Morgan fingerprint density at radius 1 is 1.00 bits per heavy atom. The highest BCUT2D eigenvalue weighted by atomic mass is 32.2. The number of carbonyl (C=O) groups is 2. The summed E-state index contributed by atoms with van der Waals surface area (Å²) in [5, 5.41) is 19.0. The third-order valence-corrected chi connectivity index (χ3v) is 7.22. The lowest BCUT2D eigenvalue weighted by Crippen LogP contribution is -2.15. The molecule has 0 bridgehead atoms. The Bertz CT molecular complexity index is 1500. The molecule has 0 saturated heterocycles. The number of fused-ring (bicyclic) bond motifs is 1. The van der Waals surface area contributed by atoms with Gasteiger partial charge in [-0.25, -0.2) is 4.99 Å². The summed E-state index contributed by atoms with van der Waals surface area (Å²) in [6.45, 7) is 0. The van der Waals surface area contributed by atoms with Gasteiger partial charge in [0.2, 0.25) is 5.91 Å². The lowest BCUT2D eigenvalue weighted by molar-refractivity contribution is -0.115. The first-order valence-corrected chi connectivity index (χ1v) is 12.5. The molecule has 2 N–H and O–H groups in total. The predicted molar refractivity (Wildman–Crippen MR) is 140 cm³/mol. The number of rotatable bonds is 5. The Morgan fingerprint density at radius 2 is 1.74 bits per heavy atom. The van der Waals surface area contributed by atoms with E-state index in [1.54, 1.807) is 24.3 Å². The van der Waals surface area contributed by atoms with Crippen LogP contribution in [0.1, 0.15) is 27.9 Å². The predicted octanol–water partition coefficient (Wildman–Crippen LogP) is 6.49. The third kappa shape index (κ3) is 5.01. The van der Waals surface area contributed by atoms with Crippen molar-refractivity contribution in [2.24, 2.45) is 4.99 Å². The second-order valence-corrected chi connectivity index (χ2v) is 9.52. The second kappa shape index (κ2) is 9.97. The molecule has 4 aromatic rings. The fourth-order valence-electron chi connectivity index (χ4n) is 3.62. The maximum atomic E-state index is 13.1. The average Bonchev–Trinajstić information content (AvgIpc) is 3.24. The Hall–Kier alpha value is -4.19. The monoisotopic (exact) mass is 494 g/mol. The first-order chi connectivity index (χ1) is 17.1. The smallest absolute Gasteiger partial charge is 0.256 e. The van der Waals surface area contributed by atoms with Crippen molar-refractivity contribution >= 4 is 57.7 Å². The van der Waals surface area contributed by atoms with Gasteiger partial charge in [-0.1, -0.05) is 48.2 Å². The molecule has 0 saturated carbocycles. The van der Waals surface area contributed by atoms with Crippen molar-refractivity contribution in [1.82, 2.24) is 0 Å². The summed E-state index contributed by atoms with van der Waals surface area (Å²) in [7, 11) is 0. The molecule has 0 aliphatic carbocycles. The Morgan fingerprint density at radius 3 is 2.54 bits per heavy atom. The van der Waals surface area contributed by atoms with Crippen LogP contribution in [0.25, 0.3) is 0 Å². The highest BCUT2D eigenvalue weighted by Gasteiger charge is 2.18. The van der Waals surface area contributed by atoms with Crippen molar-refractivity contribution < 1.29 is 9.59 Å². The van der Waals surface area contributed by atoms with Crippen LogP contribution in [0.4, 0.5) is 17.1 Å². The topological polar surface area (TPSA) is 94.3 Å². The molecule has 1 aliphatic heterocycles. The maximum absolute atomic E-state index is 13.1. The number of nitrogens with one attached hydrogen (secondary N) is 2. The van der Waals surface area contributed by atoms with Crippen LogP contribution in [0.2, 0.25) is 0 Å². The Balaban J connectivity index is 1.35. The van der Waals surface area contributed by atoms with Gasteiger partial charge >= 0.3 is 0 Å². The largest absolute Gasteiger partial charge is 0.323 e. The summed E-state index contributed by atoms with van der Waals surface area (Å²) in [4.78, 5) is 31.5. The number of thiophene rings is 1. The second-order valence-electron chi connectivity index (χ2n) is 7.69. The minimum Gasteiger partial charge on any atom is -0.323 e. The quantitative estimate of drug-likeness (QED) is 0.332. The van der Waals surface area contributed by atoms with E-state index in [1.807, 2.05) is 59.3 Å². The van der Waals surface area contributed by atoms with Gasteiger partial charge in [-0.05, 0) is 42.0 Å². The van der Waals surface area contributed by atoms with Gasteiger partial charge in [-0.2, -0.15) is 5.26 Å². The van der Waals surface area contributed by atoms with Crippen molar-refractivity contribution in [3.05, 3.63) is 100 Å². The van der Waals surface area contributed by atoms with Gasteiger partial charge in [0.25, 0.3) is 5.91 Å². The van der Waals surface area contributed by atoms with E-state index >= 15 is 0 Å². The van der Waals surface area contributed by atoms with Crippen molar-refractivity contribution in [2.45, 2.75) is 16.2 Å². The van der Waals surface area contributed by atoms with Gasteiger partial charge in [0, 0.05) is 26.2 Å². The van der Waals surface area contributed by atoms with Gasteiger partial charge in [0.1, 0.15) is 6.07 Å². The van der Waals surface area contributed by atoms with Crippen molar-refractivity contribution in [2.75, 3.05) is 10.6 Å². The van der Waals surface area contributed by atoms with Gasteiger partial charge in [-0.3, -0.25) is 9.59 Å². The van der Waals surface area contributed by atoms with E-state index in [4.69, 9.17) is 0 Å². The van der Waals surface area contributed by atoms with Crippen LogP contribution >= 0.6 is 23.1 Å². The summed E-state index contributed by atoms with van der Waals surface area (Å²) in [5.41, 5.74) is 4.69. The molecule has 3 aromatic carbocycles. The Kier molecular flexibility index (Phi) is 6.44. The zero-order chi connectivity index (χ0) is 24.2. The summed E-state index contributed by atoms with van der Waals surface area (Å²) >= 11 is 2.87. The zero-order valence-corrected chi connectivity index (χ0v) is 20.0. The number of hydrogen-bond acceptors (Lipinski definition) is 6. The molecule has 1 aromatic heterocycles. The fraction of sp³-hybridized carbons (Fsp3) is 0.0370. The van der Waals surface area contributed by atoms with Crippen molar-refractivity contribution in [1.29, 1.82) is 5.26 Å². The minimum atomic E-state index is -0.246. The zero-order valence-electron chi connectivity index (χ0n) is 18.3. The molecule has 0 radical (unpaired) electrons. The Labute approximate surface area is 210 Å². The number of nitriles is 1. The summed E-state index contributed by atoms with van der Waals surface area (Å²) < 4.78 is 0. The molecule has 6 nitrogen and oxygen atoms in total. The van der Waals surface area contributed by atoms with E-state index in [1.165, 1.54) is 23.1 Å². The standard InChI is InChI=1S/C27H18N4O2S2/c28-14-18-5-1-3-7-24(18)35-25-8-4-2-6-20(25)27(33)29-19-11-9-17(10-12-19)21-13-26(32)31-23-16-34-15-22(23)30-21/h1-12,15-16H,13H2,(H,29,33)(H,31,32). The fourth-order valence-corrected chi connectivity index (χ4v) is 5.34. The maximum Gasteiger partial charge on any atom is 0.256 e. The normalized spacial score (nSPS) is 12.5. The summed E-state index contributed by atoms with van der Waals surface area (Å²) in [6, 6.07) is 24.1. The van der Waals surface area contributed by atoms with Crippen LogP contribution < -0.4 is 10.6 Å². The van der Waals surface area contributed by atoms with E-state index < -0.39 is 0 Å². The molecule has 35 heavy (non-hydrogen) atoms. The molecule has 2 amide bonds. The molecule has 0 atom stereocenters. The van der Waals surface area contributed by atoms with Crippen LogP contribution in [0, 0.1) is 11.3 Å². The third-order valence-electron chi connectivity index (χ3n) is 5.33. The van der Waals surface area contributed by atoms with Gasteiger partial charge < -0.3 is 10.6 Å². The number of nitrogens with zero attached hydrogens (tertiary/aromatic N) is 2. The van der Waals surface area contributed by atoms with E-state index in [2.05, 4.69) is 21.7 Å². The first-order valence-electron chi connectivity index (χ1n) is 10.7. The van der Waals surface area contributed by atoms with E-state index in [9.17, 15) is 14.9 Å². The molecule has 0 spiro atoms. The molecule has 5 rings (SSSR count). The number of anilines is 2. The molecule has 0 fully saturated rings. The molecular formula is C27H18N4O2S2. The van der Waals surface area contributed by atoms with E-state index in [0.717, 1.165) is 26.7 Å². The van der Waals surface area contributed by atoms with Crippen molar-refractivity contribution in [3.63, 3.8) is 0 Å². The number of aliphatic imine (C=N–C) groups is 1. The van der Waals surface area contributed by atoms with Crippen LogP contribution in [-0.2, 0) is 4.79 Å². The number of carbonyl (C=O) groups excluding carboxylic acids is 2. The lowest BCUT2D eigenvalue weighted by atomic mass is 10.1. The lowest BCUT2D eigenvalue weighted by Gasteiger charge is -2.11. The molecule has 170 valence electrons. The SMILES string of the molecule is N#Cc1ccccc1Sc1ccccc1C(=O)Nc1ccc(C2=Nc3cscc3NC(=O)C2)cc1. The van der Waals surface area contributed by atoms with Crippen molar-refractivity contribution in [3.8, 4) is 6.07 Å². The highest BCUT2D eigenvalue weighted by Crippen LogP contribution is 2.34. The van der Waals surface area contributed by atoms with Crippen LogP contribution in [0.15, 0.2) is 98.3 Å². The average molecular weight is 495 g/mol. The van der Waals surface area contributed by atoms with Gasteiger partial charge in [0.15, 0.2) is 0 Å².